The van der Waals surface area contributed by atoms with Crippen LogP contribution >= 0.6 is 0 Å². The molecule has 4 nitrogen and oxygen atoms in total. The summed E-state index contributed by atoms with van der Waals surface area (Å²) in [4.78, 5) is 11.0. The number of halogens is 3. The lowest BCUT2D eigenvalue weighted by Gasteiger charge is -2.28. The number of pyridine rings is 1. The molecule has 5 rings (SSSR count). The number of hydrogen-bond donors (Lipinski definition) is 0. The van der Waals surface area contributed by atoms with Crippen LogP contribution in [0.15, 0.2) is 73.1 Å². The van der Waals surface area contributed by atoms with Gasteiger partial charge in [-0.15, -0.1) is 0 Å². The normalized spacial score (nSPS) is 15.8. The molecule has 7 heteroatoms. The fraction of sp³-hybridized carbons (Fsp3) is 0.200. The number of anilines is 2. The third-order valence-corrected chi connectivity index (χ3v) is 5.74. The summed E-state index contributed by atoms with van der Waals surface area (Å²) in [5, 5.41) is 0. The molecular formula is C25H21F3N4. The molecule has 0 aliphatic carbocycles. The van der Waals surface area contributed by atoms with Gasteiger partial charge in [0.2, 0.25) is 0 Å². The average Bonchev–Trinajstić information content (AvgIpc) is 3.37. The van der Waals surface area contributed by atoms with Crippen molar-refractivity contribution in [3.63, 3.8) is 0 Å². The molecule has 0 radical (unpaired) electrons. The molecule has 1 aliphatic rings. The molecule has 0 fully saturated rings. The number of aryl methyl sites for hydroxylation is 2. The van der Waals surface area contributed by atoms with Gasteiger partial charge in [-0.05, 0) is 55.3 Å². The van der Waals surface area contributed by atoms with Gasteiger partial charge in [0.05, 0.1) is 11.6 Å². The number of benzene rings is 2. The first kappa shape index (κ1) is 20.3. The molecule has 32 heavy (non-hydrogen) atoms. The van der Waals surface area contributed by atoms with Gasteiger partial charge in [0.15, 0.2) is 0 Å². The Hall–Kier alpha value is -3.61. The van der Waals surface area contributed by atoms with Crippen molar-refractivity contribution in [2.75, 3.05) is 4.90 Å². The van der Waals surface area contributed by atoms with Crippen LogP contribution in [0.1, 0.15) is 34.3 Å². The second kappa shape index (κ2) is 7.51. The number of rotatable bonds is 3. The molecule has 4 aromatic rings. The SMILES string of the molecule is Cc1cccc(-n2ccnc2C2Cc3ccccc3N2c2cc(C(F)(F)F)cc(C)n2)c1. The first-order valence-electron chi connectivity index (χ1n) is 10.3. The monoisotopic (exact) mass is 434 g/mol. The van der Waals surface area contributed by atoms with Crippen molar-refractivity contribution in [1.29, 1.82) is 0 Å². The maximum atomic E-state index is 13.6. The first-order valence-corrected chi connectivity index (χ1v) is 10.3. The molecule has 0 saturated heterocycles. The maximum absolute atomic E-state index is 13.6. The van der Waals surface area contributed by atoms with Crippen LogP contribution < -0.4 is 4.90 Å². The number of aromatic nitrogens is 3. The summed E-state index contributed by atoms with van der Waals surface area (Å²) < 4.78 is 42.7. The lowest BCUT2D eigenvalue weighted by molar-refractivity contribution is -0.137. The predicted octanol–water partition coefficient (Wildman–Crippen LogP) is 6.34. The summed E-state index contributed by atoms with van der Waals surface area (Å²) in [6, 6.07) is 17.7. The van der Waals surface area contributed by atoms with Gasteiger partial charge < -0.3 is 9.47 Å². The first-order chi connectivity index (χ1) is 15.3. The van der Waals surface area contributed by atoms with E-state index in [4.69, 9.17) is 0 Å². The van der Waals surface area contributed by atoms with E-state index in [9.17, 15) is 13.2 Å². The van der Waals surface area contributed by atoms with Crippen molar-refractivity contribution in [3.8, 4) is 5.69 Å². The molecule has 0 saturated carbocycles. The zero-order chi connectivity index (χ0) is 22.5. The molecular weight excluding hydrogens is 413 g/mol. The fourth-order valence-corrected chi connectivity index (χ4v) is 4.37. The van der Waals surface area contributed by atoms with Gasteiger partial charge >= 0.3 is 6.18 Å². The molecule has 0 bridgehead atoms. The van der Waals surface area contributed by atoms with Crippen molar-refractivity contribution >= 4 is 11.5 Å². The quantitative estimate of drug-likeness (QED) is 0.377. The maximum Gasteiger partial charge on any atom is 0.416 e. The highest BCUT2D eigenvalue weighted by atomic mass is 19.4. The summed E-state index contributed by atoms with van der Waals surface area (Å²) in [7, 11) is 0. The number of alkyl halides is 3. The topological polar surface area (TPSA) is 34.0 Å². The largest absolute Gasteiger partial charge is 0.416 e. The van der Waals surface area contributed by atoms with E-state index in [1.165, 1.54) is 0 Å². The van der Waals surface area contributed by atoms with Gasteiger partial charge in [-0.1, -0.05) is 30.3 Å². The summed E-state index contributed by atoms with van der Waals surface area (Å²) in [6.45, 7) is 3.61. The van der Waals surface area contributed by atoms with E-state index in [1.807, 2.05) is 65.1 Å². The van der Waals surface area contributed by atoms with E-state index < -0.39 is 11.7 Å². The van der Waals surface area contributed by atoms with Crippen LogP contribution in [0.25, 0.3) is 5.69 Å². The summed E-state index contributed by atoms with van der Waals surface area (Å²) in [5.41, 5.74) is 3.59. The van der Waals surface area contributed by atoms with Crippen LogP contribution in [0.2, 0.25) is 0 Å². The number of imidazole rings is 1. The molecule has 1 aliphatic heterocycles. The van der Waals surface area contributed by atoms with E-state index in [2.05, 4.69) is 16.0 Å². The zero-order valence-corrected chi connectivity index (χ0v) is 17.6. The van der Waals surface area contributed by atoms with Crippen molar-refractivity contribution in [2.45, 2.75) is 32.5 Å². The molecule has 1 unspecified atom stereocenters. The molecule has 3 heterocycles. The van der Waals surface area contributed by atoms with Crippen LogP contribution in [0.3, 0.4) is 0 Å². The Morgan fingerprint density at radius 1 is 0.969 bits per heavy atom. The van der Waals surface area contributed by atoms with Gasteiger partial charge in [-0.2, -0.15) is 13.2 Å². The Labute approximate surface area is 184 Å². The molecule has 0 amide bonds. The highest BCUT2D eigenvalue weighted by Crippen LogP contribution is 2.45. The van der Waals surface area contributed by atoms with E-state index in [0.717, 1.165) is 40.5 Å². The predicted molar refractivity (Wildman–Crippen MR) is 117 cm³/mol. The second-order valence-electron chi connectivity index (χ2n) is 8.07. The van der Waals surface area contributed by atoms with Crippen molar-refractivity contribution in [1.82, 2.24) is 14.5 Å². The molecule has 162 valence electrons. The number of nitrogens with zero attached hydrogens (tertiary/aromatic N) is 4. The minimum atomic E-state index is -4.45. The van der Waals surface area contributed by atoms with Crippen molar-refractivity contribution < 1.29 is 13.2 Å². The van der Waals surface area contributed by atoms with Crippen molar-refractivity contribution in [3.05, 3.63) is 101 Å². The Kier molecular flexibility index (Phi) is 4.77. The smallest absolute Gasteiger partial charge is 0.315 e. The highest BCUT2D eigenvalue weighted by Gasteiger charge is 2.37. The van der Waals surface area contributed by atoms with Gasteiger partial charge in [0.25, 0.3) is 0 Å². The lowest BCUT2D eigenvalue weighted by atomic mass is 10.1. The fourth-order valence-electron chi connectivity index (χ4n) is 4.37. The molecule has 1 atom stereocenters. The van der Waals surface area contributed by atoms with Crippen LogP contribution in [-0.2, 0) is 12.6 Å². The summed E-state index contributed by atoms with van der Waals surface area (Å²) in [6.07, 6.45) is -0.215. The minimum absolute atomic E-state index is 0.270. The standard InChI is InChI=1S/C25H21F3N4/c1-16-6-5-8-20(12-16)31-11-10-29-24(31)22-14-18-7-3-4-9-21(18)32(22)23-15-19(25(26,27)28)13-17(2)30-23/h3-13,15,22H,14H2,1-2H3. The number of fused-ring (bicyclic) bond motifs is 1. The van der Waals surface area contributed by atoms with Gasteiger partial charge in [0, 0.05) is 35.9 Å². The Morgan fingerprint density at radius 3 is 2.56 bits per heavy atom. The highest BCUT2D eigenvalue weighted by molar-refractivity contribution is 5.70. The summed E-state index contributed by atoms with van der Waals surface area (Å²) >= 11 is 0. The third kappa shape index (κ3) is 3.53. The average molecular weight is 434 g/mol. The number of hydrogen-bond acceptors (Lipinski definition) is 3. The van der Waals surface area contributed by atoms with Crippen LogP contribution in [0.4, 0.5) is 24.7 Å². The second-order valence-corrected chi connectivity index (χ2v) is 8.07. The lowest BCUT2D eigenvalue weighted by Crippen LogP contribution is -2.24. The number of para-hydroxylation sites is 1. The van der Waals surface area contributed by atoms with Crippen LogP contribution in [0, 0.1) is 13.8 Å². The molecule has 2 aromatic carbocycles. The van der Waals surface area contributed by atoms with Gasteiger partial charge in [-0.25, -0.2) is 9.97 Å². The van der Waals surface area contributed by atoms with Gasteiger partial charge in [-0.3, -0.25) is 0 Å². The Morgan fingerprint density at radius 2 is 1.78 bits per heavy atom. The molecule has 0 N–H and O–H groups in total. The van der Waals surface area contributed by atoms with Crippen LogP contribution in [0.5, 0.6) is 0 Å². The summed E-state index contributed by atoms with van der Waals surface area (Å²) in [5.74, 6) is 1.02. The van der Waals surface area contributed by atoms with E-state index in [0.29, 0.717) is 12.1 Å². The zero-order valence-electron chi connectivity index (χ0n) is 17.6. The van der Waals surface area contributed by atoms with Crippen LogP contribution in [-0.4, -0.2) is 14.5 Å². The Balaban J connectivity index is 1.67. The third-order valence-electron chi connectivity index (χ3n) is 5.74. The van der Waals surface area contributed by atoms with E-state index >= 15 is 0 Å². The Bertz CT molecular complexity index is 1290. The molecule has 2 aromatic heterocycles. The van der Waals surface area contributed by atoms with Gasteiger partial charge in [0.1, 0.15) is 11.6 Å². The van der Waals surface area contributed by atoms with E-state index in [1.54, 1.807) is 13.1 Å². The van der Waals surface area contributed by atoms with Crippen molar-refractivity contribution in [2.24, 2.45) is 0 Å². The molecule has 0 spiro atoms. The minimum Gasteiger partial charge on any atom is -0.315 e. The van der Waals surface area contributed by atoms with E-state index in [-0.39, 0.29) is 11.9 Å².